The molecule has 0 N–H and O–H groups in total. The minimum atomic E-state index is -0.0893. The Morgan fingerprint density at radius 1 is 0.562 bits per heavy atom. The summed E-state index contributed by atoms with van der Waals surface area (Å²) in [6.07, 6.45) is 5.26. The third-order valence-corrected chi connectivity index (χ3v) is 9.43. The van der Waals surface area contributed by atoms with Gasteiger partial charge in [-0.25, -0.2) is 0 Å². The van der Waals surface area contributed by atoms with Crippen molar-refractivity contribution in [3.05, 3.63) is 143 Å². The van der Waals surface area contributed by atoms with E-state index in [2.05, 4.69) is 12.1 Å². The molecule has 9 rings (SSSR count). The van der Waals surface area contributed by atoms with Crippen LogP contribution in [0.1, 0.15) is 43.0 Å². The number of para-hydroxylation sites is 2. The smallest absolute Gasteiger partial charge is 0.261 e. The van der Waals surface area contributed by atoms with E-state index >= 15 is 0 Å². The average molecular weight is 631 g/mol. The average Bonchev–Trinajstić information content (AvgIpc) is 3.61. The Labute approximate surface area is 277 Å². The van der Waals surface area contributed by atoms with E-state index < -0.39 is 0 Å². The highest BCUT2D eigenvalue weighted by Gasteiger charge is 2.37. The minimum absolute atomic E-state index is 0.0457. The van der Waals surface area contributed by atoms with Gasteiger partial charge in [0.25, 0.3) is 11.8 Å². The molecule has 48 heavy (non-hydrogen) atoms. The second-order valence-electron chi connectivity index (χ2n) is 12.5. The Morgan fingerprint density at radius 3 is 1.54 bits per heavy atom. The first-order chi connectivity index (χ1) is 23.6. The molecule has 0 saturated heterocycles. The summed E-state index contributed by atoms with van der Waals surface area (Å²) in [5.74, 6) is 1.20. The van der Waals surface area contributed by atoms with Gasteiger partial charge >= 0.3 is 0 Å². The molecule has 8 nitrogen and oxygen atoms in total. The third-order valence-electron chi connectivity index (χ3n) is 9.43. The van der Waals surface area contributed by atoms with Crippen LogP contribution in [0.2, 0.25) is 0 Å². The molecule has 234 valence electrons. The molecule has 0 unspecified atom stereocenters. The summed E-state index contributed by atoms with van der Waals surface area (Å²) in [5.41, 5.74) is 8.56. The maximum absolute atomic E-state index is 13.5. The Balaban J connectivity index is 0.858. The van der Waals surface area contributed by atoms with Crippen molar-refractivity contribution < 1.29 is 19.1 Å². The van der Waals surface area contributed by atoms with E-state index in [1.165, 1.54) is 0 Å². The lowest BCUT2D eigenvalue weighted by Crippen LogP contribution is -2.37. The van der Waals surface area contributed by atoms with E-state index in [1.807, 2.05) is 107 Å². The van der Waals surface area contributed by atoms with Crippen molar-refractivity contribution in [1.29, 1.82) is 0 Å². The van der Waals surface area contributed by atoms with Gasteiger partial charge in [0.2, 0.25) is 0 Å². The summed E-state index contributed by atoms with van der Waals surface area (Å²) in [5, 5.41) is 0. The van der Waals surface area contributed by atoms with Crippen molar-refractivity contribution in [3.8, 4) is 11.5 Å². The SMILES string of the molecule is O=C1c2ccc(OCc3cccc(COc4ccc5c(c4)N=C[C@@H]4Cc6ccccc6N4C5=O)c3)cc2N=C[C@@H]2Cc3ccccc3N12. The van der Waals surface area contributed by atoms with Crippen LogP contribution in [-0.4, -0.2) is 36.3 Å². The van der Waals surface area contributed by atoms with Gasteiger partial charge in [-0.2, -0.15) is 0 Å². The number of carbonyl (C=O) groups excluding carboxylic acids is 2. The maximum Gasteiger partial charge on any atom is 0.261 e. The van der Waals surface area contributed by atoms with Gasteiger partial charge in [0, 0.05) is 48.8 Å². The van der Waals surface area contributed by atoms with Crippen molar-refractivity contribution in [3.63, 3.8) is 0 Å². The lowest BCUT2D eigenvalue weighted by atomic mass is 10.1. The number of hydrogen-bond donors (Lipinski definition) is 0. The van der Waals surface area contributed by atoms with Gasteiger partial charge in [-0.3, -0.25) is 29.4 Å². The molecule has 4 heterocycles. The Kier molecular flexibility index (Phi) is 6.67. The second kappa shape index (κ2) is 11.3. The number of carbonyl (C=O) groups is 2. The molecule has 5 aromatic carbocycles. The van der Waals surface area contributed by atoms with E-state index in [9.17, 15) is 9.59 Å². The number of fused-ring (bicyclic) bond motifs is 8. The van der Waals surface area contributed by atoms with Gasteiger partial charge in [-0.1, -0.05) is 54.6 Å². The van der Waals surface area contributed by atoms with Gasteiger partial charge in [-0.05, 0) is 64.7 Å². The van der Waals surface area contributed by atoms with E-state index in [1.54, 1.807) is 12.1 Å². The molecule has 8 heteroatoms. The van der Waals surface area contributed by atoms with Crippen LogP contribution in [0.15, 0.2) is 119 Å². The maximum atomic E-state index is 13.5. The van der Waals surface area contributed by atoms with Crippen LogP contribution in [-0.2, 0) is 26.1 Å². The number of rotatable bonds is 6. The first-order valence-corrected chi connectivity index (χ1v) is 16.1. The topological polar surface area (TPSA) is 83.8 Å². The zero-order valence-electron chi connectivity index (χ0n) is 26.0. The van der Waals surface area contributed by atoms with Gasteiger partial charge in [0.1, 0.15) is 24.7 Å². The second-order valence-corrected chi connectivity index (χ2v) is 12.5. The molecule has 0 aliphatic carbocycles. The van der Waals surface area contributed by atoms with Gasteiger partial charge in [-0.15, -0.1) is 0 Å². The van der Waals surface area contributed by atoms with Crippen molar-refractivity contribution in [2.24, 2.45) is 9.98 Å². The molecule has 4 aliphatic heterocycles. The molecule has 4 aliphatic rings. The molecule has 0 saturated carbocycles. The van der Waals surface area contributed by atoms with Crippen LogP contribution < -0.4 is 19.3 Å². The van der Waals surface area contributed by atoms with E-state index in [0.29, 0.717) is 47.2 Å². The largest absolute Gasteiger partial charge is 0.489 e. The summed E-state index contributed by atoms with van der Waals surface area (Å²) in [4.78, 5) is 40.1. The molecule has 0 aromatic heterocycles. The molecule has 0 fully saturated rings. The number of anilines is 2. The lowest BCUT2D eigenvalue weighted by Gasteiger charge is -2.21. The molecule has 5 aromatic rings. The highest BCUT2D eigenvalue weighted by Crippen LogP contribution is 2.39. The first-order valence-electron chi connectivity index (χ1n) is 16.1. The fraction of sp³-hybridized carbons (Fsp3) is 0.150. The van der Waals surface area contributed by atoms with Crippen LogP contribution in [0.4, 0.5) is 22.7 Å². The van der Waals surface area contributed by atoms with E-state index in [4.69, 9.17) is 19.5 Å². The van der Waals surface area contributed by atoms with Crippen LogP contribution in [0.5, 0.6) is 11.5 Å². The van der Waals surface area contributed by atoms with Crippen LogP contribution in [0.3, 0.4) is 0 Å². The van der Waals surface area contributed by atoms with Gasteiger partial charge in [0.05, 0.1) is 34.6 Å². The number of amides is 2. The molecular formula is C40H30N4O4. The van der Waals surface area contributed by atoms with Crippen LogP contribution in [0.25, 0.3) is 0 Å². The summed E-state index contributed by atoms with van der Waals surface area (Å²) >= 11 is 0. The predicted octanol–water partition coefficient (Wildman–Crippen LogP) is 7.42. The number of ether oxygens (including phenoxy) is 2. The quantitative estimate of drug-likeness (QED) is 0.196. The number of aliphatic imine (C=N–C) groups is 2. The highest BCUT2D eigenvalue weighted by molar-refractivity contribution is 6.15. The summed E-state index contributed by atoms with van der Waals surface area (Å²) in [7, 11) is 0. The van der Waals surface area contributed by atoms with Crippen molar-refractivity contribution in [2.45, 2.75) is 38.1 Å². The summed E-state index contributed by atoms with van der Waals surface area (Å²) < 4.78 is 12.3. The highest BCUT2D eigenvalue weighted by atomic mass is 16.5. The lowest BCUT2D eigenvalue weighted by molar-refractivity contribution is 0.0979. The van der Waals surface area contributed by atoms with Crippen LogP contribution in [0, 0.1) is 0 Å². The molecular weight excluding hydrogens is 600 g/mol. The number of nitrogens with zero attached hydrogens (tertiary/aromatic N) is 4. The van der Waals surface area contributed by atoms with Gasteiger partial charge < -0.3 is 9.47 Å². The molecule has 0 spiro atoms. The van der Waals surface area contributed by atoms with E-state index in [-0.39, 0.29) is 23.9 Å². The molecule has 2 atom stereocenters. The zero-order chi connectivity index (χ0) is 32.2. The number of benzene rings is 5. The molecule has 0 radical (unpaired) electrons. The molecule has 2 amide bonds. The third kappa shape index (κ3) is 4.84. The van der Waals surface area contributed by atoms with Crippen molar-refractivity contribution in [2.75, 3.05) is 9.80 Å². The first kappa shape index (κ1) is 28.2. The Bertz CT molecular complexity index is 2040. The monoisotopic (exact) mass is 630 g/mol. The minimum Gasteiger partial charge on any atom is -0.489 e. The predicted molar refractivity (Wildman–Crippen MR) is 186 cm³/mol. The fourth-order valence-electron chi connectivity index (χ4n) is 7.10. The number of hydrogen-bond acceptors (Lipinski definition) is 6. The zero-order valence-corrected chi connectivity index (χ0v) is 26.0. The standard InChI is InChI=1S/C40H30N4O4/c45-39-33-14-12-31(19-35(33)41-21-29-17-27-8-1-3-10-37(27)43(29)39)47-23-25-6-5-7-26(16-25)24-48-32-13-15-34-36(20-32)42-22-30-18-28-9-2-4-11-38(28)44(30)40(34)46/h1-16,19-22,29-30H,17-18,23-24H2/t29-,30-/m0/s1. The van der Waals surface area contributed by atoms with Crippen LogP contribution >= 0.6 is 0 Å². The Hall–Kier alpha value is -6.02. The summed E-state index contributed by atoms with van der Waals surface area (Å²) in [6.45, 7) is 0.700. The fourth-order valence-corrected chi connectivity index (χ4v) is 7.10. The molecule has 0 bridgehead atoms. The van der Waals surface area contributed by atoms with E-state index in [0.717, 1.165) is 46.5 Å². The summed E-state index contributed by atoms with van der Waals surface area (Å²) in [6, 6.07) is 34.9. The van der Waals surface area contributed by atoms with Crippen molar-refractivity contribution >= 4 is 47.0 Å². The van der Waals surface area contributed by atoms with Gasteiger partial charge in [0.15, 0.2) is 0 Å². The van der Waals surface area contributed by atoms with Crippen molar-refractivity contribution in [1.82, 2.24) is 0 Å². The Morgan fingerprint density at radius 2 is 1.04 bits per heavy atom. The normalized spacial score (nSPS) is 18.2.